The molecule has 0 bridgehead atoms. The fourth-order valence-electron chi connectivity index (χ4n) is 4.53. The molecule has 0 aliphatic carbocycles. The fourth-order valence-corrected chi connectivity index (χ4v) is 4.53. The summed E-state index contributed by atoms with van der Waals surface area (Å²) >= 11 is 0. The Kier molecular flexibility index (Phi) is 5.80. The molecule has 31 heavy (non-hydrogen) atoms. The highest BCUT2D eigenvalue weighted by Crippen LogP contribution is 2.38. The second-order valence-corrected chi connectivity index (χ2v) is 8.44. The van der Waals surface area contributed by atoms with Crippen LogP contribution in [0, 0.1) is 0 Å². The van der Waals surface area contributed by atoms with Crippen molar-refractivity contribution in [1.82, 2.24) is 19.7 Å². The number of amides is 1. The lowest BCUT2D eigenvalue weighted by atomic mass is 9.99. The van der Waals surface area contributed by atoms with Gasteiger partial charge >= 0.3 is 0 Å². The Bertz CT molecular complexity index is 1050. The third kappa shape index (κ3) is 3.82. The summed E-state index contributed by atoms with van der Waals surface area (Å²) in [6, 6.07) is 2.37. The number of nitrogens with zero attached hydrogens (tertiary/aromatic N) is 6. The van der Waals surface area contributed by atoms with E-state index in [9.17, 15) is 4.79 Å². The smallest absolute Gasteiger partial charge is 0.219 e. The number of allylic oxidation sites excluding steroid dienone is 1. The van der Waals surface area contributed by atoms with E-state index in [2.05, 4.69) is 39.5 Å². The second kappa shape index (κ2) is 8.53. The number of aryl methyl sites for hydroxylation is 1. The lowest BCUT2D eigenvalue weighted by Crippen LogP contribution is -2.35. The normalized spacial score (nSPS) is 16.7. The van der Waals surface area contributed by atoms with Crippen molar-refractivity contribution >= 4 is 29.2 Å². The van der Waals surface area contributed by atoms with Crippen LogP contribution < -0.4 is 10.6 Å². The monoisotopic (exact) mass is 421 g/mol. The summed E-state index contributed by atoms with van der Waals surface area (Å²) in [7, 11) is 1.72. The van der Waals surface area contributed by atoms with Crippen LogP contribution in [0.15, 0.2) is 23.5 Å². The zero-order chi connectivity index (χ0) is 22.1. The quantitative estimate of drug-likeness (QED) is 0.767. The second-order valence-electron chi connectivity index (χ2n) is 8.44. The van der Waals surface area contributed by atoms with Gasteiger partial charge in [-0.15, -0.1) is 0 Å². The van der Waals surface area contributed by atoms with Crippen LogP contribution in [0.4, 0.5) is 11.5 Å². The molecular formula is C23H31N7O. The zero-order valence-electron chi connectivity index (χ0n) is 18.8. The van der Waals surface area contributed by atoms with E-state index in [1.807, 2.05) is 11.1 Å². The average Bonchev–Trinajstić information content (AvgIpc) is 3.15. The standard InChI is InChI=1S/C23H31N7O/c1-15(2)30-21-7-9-28(16(3)31)14-19(21)23(27-30)29-8-5-6-17-10-20(26-13-22(17)29)18(11-24)12-25-4/h10-13,15H,5-9,14,24H2,1-4H3/b18-11+,25-12?. The van der Waals surface area contributed by atoms with Crippen molar-refractivity contribution in [2.45, 2.75) is 52.6 Å². The van der Waals surface area contributed by atoms with E-state index < -0.39 is 0 Å². The Labute approximate surface area is 183 Å². The maximum Gasteiger partial charge on any atom is 0.219 e. The molecule has 2 aliphatic rings. The maximum atomic E-state index is 12.1. The van der Waals surface area contributed by atoms with Crippen molar-refractivity contribution in [3.8, 4) is 0 Å². The third-order valence-electron chi connectivity index (χ3n) is 6.08. The summed E-state index contributed by atoms with van der Waals surface area (Å²) in [4.78, 5) is 25.0. The van der Waals surface area contributed by atoms with Gasteiger partial charge < -0.3 is 15.5 Å². The summed E-state index contributed by atoms with van der Waals surface area (Å²) in [5.41, 5.74) is 12.1. The van der Waals surface area contributed by atoms with Gasteiger partial charge in [0.2, 0.25) is 5.91 Å². The number of aromatic nitrogens is 3. The number of carbonyl (C=O) groups is 1. The van der Waals surface area contributed by atoms with Crippen molar-refractivity contribution in [3.63, 3.8) is 0 Å². The third-order valence-corrected chi connectivity index (χ3v) is 6.08. The molecule has 2 aliphatic heterocycles. The van der Waals surface area contributed by atoms with E-state index in [1.165, 1.54) is 11.3 Å². The lowest BCUT2D eigenvalue weighted by Gasteiger charge is -2.32. The van der Waals surface area contributed by atoms with Crippen LogP contribution in [0.2, 0.25) is 0 Å². The molecule has 0 saturated carbocycles. The number of aliphatic imine (C=N–C) groups is 1. The molecule has 1 amide bonds. The van der Waals surface area contributed by atoms with Crippen molar-refractivity contribution in [1.29, 1.82) is 0 Å². The predicted octanol–water partition coefficient (Wildman–Crippen LogP) is 2.85. The first-order valence-corrected chi connectivity index (χ1v) is 10.9. The molecule has 0 radical (unpaired) electrons. The van der Waals surface area contributed by atoms with Gasteiger partial charge in [0.05, 0.1) is 24.1 Å². The highest BCUT2D eigenvalue weighted by atomic mass is 16.2. The molecular weight excluding hydrogens is 390 g/mol. The van der Waals surface area contributed by atoms with Gasteiger partial charge in [0, 0.05) is 68.8 Å². The fraction of sp³-hybridized carbons (Fsp3) is 0.478. The van der Waals surface area contributed by atoms with Crippen LogP contribution >= 0.6 is 0 Å². The van der Waals surface area contributed by atoms with Crippen LogP contribution in [0.5, 0.6) is 0 Å². The highest BCUT2D eigenvalue weighted by molar-refractivity contribution is 6.08. The molecule has 0 unspecified atom stereocenters. The van der Waals surface area contributed by atoms with Gasteiger partial charge in [0.15, 0.2) is 5.82 Å². The molecule has 2 N–H and O–H groups in total. The van der Waals surface area contributed by atoms with E-state index in [0.717, 1.165) is 60.7 Å². The topological polar surface area (TPSA) is 92.6 Å². The van der Waals surface area contributed by atoms with Gasteiger partial charge in [-0.2, -0.15) is 5.10 Å². The summed E-state index contributed by atoms with van der Waals surface area (Å²) < 4.78 is 2.13. The Hall–Kier alpha value is -3.16. The van der Waals surface area contributed by atoms with Crippen molar-refractivity contribution in [3.05, 3.63) is 41.0 Å². The molecule has 0 aromatic carbocycles. The summed E-state index contributed by atoms with van der Waals surface area (Å²) in [5, 5.41) is 5.04. The zero-order valence-corrected chi connectivity index (χ0v) is 18.8. The molecule has 4 heterocycles. The number of hydrogen-bond donors (Lipinski definition) is 1. The van der Waals surface area contributed by atoms with Crippen LogP contribution in [0.25, 0.3) is 5.57 Å². The number of fused-ring (bicyclic) bond motifs is 2. The molecule has 4 rings (SSSR count). The largest absolute Gasteiger partial charge is 0.404 e. The van der Waals surface area contributed by atoms with Crippen molar-refractivity contribution < 1.29 is 4.79 Å². The Morgan fingerprint density at radius 3 is 2.77 bits per heavy atom. The number of pyridine rings is 1. The van der Waals surface area contributed by atoms with Gasteiger partial charge in [-0.3, -0.25) is 19.5 Å². The molecule has 2 aromatic heterocycles. The van der Waals surface area contributed by atoms with Crippen LogP contribution in [-0.2, 0) is 24.2 Å². The van der Waals surface area contributed by atoms with Gasteiger partial charge in [0.25, 0.3) is 0 Å². The molecule has 164 valence electrons. The summed E-state index contributed by atoms with van der Waals surface area (Å²) in [6.45, 7) is 8.18. The van der Waals surface area contributed by atoms with Gasteiger partial charge in [0.1, 0.15) is 0 Å². The van der Waals surface area contributed by atoms with E-state index in [0.29, 0.717) is 6.54 Å². The summed E-state index contributed by atoms with van der Waals surface area (Å²) in [6.07, 6.45) is 8.03. The first-order chi connectivity index (χ1) is 14.9. The van der Waals surface area contributed by atoms with Gasteiger partial charge in [-0.25, -0.2) is 0 Å². The lowest BCUT2D eigenvalue weighted by molar-refractivity contribution is -0.129. The minimum atomic E-state index is 0.109. The summed E-state index contributed by atoms with van der Waals surface area (Å²) in [5.74, 6) is 1.06. The molecule has 8 heteroatoms. The van der Waals surface area contributed by atoms with Gasteiger partial charge in [-0.1, -0.05) is 0 Å². The highest BCUT2D eigenvalue weighted by Gasteiger charge is 2.31. The minimum absolute atomic E-state index is 0.109. The molecule has 0 spiro atoms. The predicted molar refractivity (Wildman–Crippen MR) is 124 cm³/mol. The van der Waals surface area contributed by atoms with Gasteiger partial charge in [-0.05, 0) is 38.3 Å². The average molecular weight is 422 g/mol. The number of hydrogen-bond acceptors (Lipinski definition) is 6. The first kappa shape index (κ1) is 21.1. The first-order valence-electron chi connectivity index (χ1n) is 10.9. The number of anilines is 2. The minimum Gasteiger partial charge on any atom is -0.404 e. The van der Waals surface area contributed by atoms with E-state index in [4.69, 9.17) is 10.8 Å². The molecule has 2 aromatic rings. The SMILES string of the molecule is CN=C/C(=C\N)c1cc2c(cn1)N(c1nn(C(C)C)c3c1CN(C(C)=O)CC3)CCC2. The Balaban J connectivity index is 1.78. The number of nitrogens with two attached hydrogens (primary N) is 1. The molecule has 0 atom stereocenters. The van der Waals surface area contributed by atoms with Crippen LogP contribution in [-0.4, -0.2) is 51.9 Å². The Morgan fingerprint density at radius 1 is 1.29 bits per heavy atom. The van der Waals surface area contributed by atoms with Crippen LogP contribution in [0.1, 0.15) is 55.7 Å². The van der Waals surface area contributed by atoms with E-state index in [1.54, 1.807) is 26.4 Å². The molecule has 0 saturated heterocycles. The number of carbonyl (C=O) groups excluding carboxylic acids is 1. The Morgan fingerprint density at radius 2 is 2.10 bits per heavy atom. The van der Waals surface area contributed by atoms with E-state index >= 15 is 0 Å². The molecule has 0 fully saturated rings. The van der Waals surface area contributed by atoms with E-state index in [-0.39, 0.29) is 11.9 Å². The maximum absolute atomic E-state index is 12.1. The van der Waals surface area contributed by atoms with Crippen molar-refractivity contribution in [2.75, 3.05) is 25.0 Å². The van der Waals surface area contributed by atoms with Crippen LogP contribution in [0.3, 0.4) is 0 Å². The molecule has 8 nitrogen and oxygen atoms in total. The van der Waals surface area contributed by atoms with Crippen molar-refractivity contribution in [2.24, 2.45) is 10.7 Å². The number of rotatable bonds is 4.